The Morgan fingerprint density at radius 2 is 1.80 bits per heavy atom. The Labute approximate surface area is 116 Å². The maximum absolute atomic E-state index is 11.8. The van der Waals surface area contributed by atoms with Crippen LogP contribution in [0, 0.1) is 0 Å². The molecule has 3 amide bonds. The van der Waals surface area contributed by atoms with Crippen LogP contribution in [-0.2, 0) is 4.79 Å². The molecule has 2 aromatic carbocycles. The van der Waals surface area contributed by atoms with Crippen molar-refractivity contribution in [2.24, 2.45) is 0 Å². The average Bonchev–Trinajstić information content (AvgIpc) is 2.47. The molecule has 1 atom stereocenters. The number of benzene rings is 2. The van der Waals surface area contributed by atoms with E-state index in [1.54, 1.807) is 13.0 Å². The third kappa shape index (κ3) is 3.06. The number of rotatable bonds is 3. The van der Waals surface area contributed by atoms with Gasteiger partial charge in [0.15, 0.2) is 6.10 Å². The van der Waals surface area contributed by atoms with E-state index in [1.807, 2.05) is 36.4 Å². The molecule has 0 heterocycles. The van der Waals surface area contributed by atoms with Gasteiger partial charge >= 0.3 is 6.03 Å². The van der Waals surface area contributed by atoms with E-state index >= 15 is 0 Å². The second-order valence-corrected chi connectivity index (χ2v) is 4.31. The molecule has 2 N–H and O–H groups in total. The molecular weight excluding hydrogens is 256 g/mol. The van der Waals surface area contributed by atoms with E-state index in [2.05, 4.69) is 10.6 Å². The molecule has 0 aliphatic heterocycles. The lowest BCUT2D eigenvalue weighted by Gasteiger charge is -2.15. The highest BCUT2D eigenvalue weighted by Crippen LogP contribution is 2.25. The summed E-state index contributed by atoms with van der Waals surface area (Å²) >= 11 is 0. The van der Waals surface area contributed by atoms with Gasteiger partial charge in [0, 0.05) is 12.4 Å². The zero-order valence-corrected chi connectivity index (χ0v) is 11.3. The number of ether oxygens (including phenoxy) is 1. The Morgan fingerprint density at radius 1 is 1.10 bits per heavy atom. The molecule has 2 aromatic rings. The van der Waals surface area contributed by atoms with Crippen LogP contribution >= 0.6 is 0 Å². The number of hydrogen-bond donors (Lipinski definition) is 2. The fourth-order valence-electron chi connectivity index (χ4n) is 1.82. The molecule has 20 heavy (non-hydrogen) atoms. The molecule has 0 saturated heterocycles. The molecule has 0 radical (unpaired) electrons. The molecule has 5 nitrogen and oxygen atoms in total. The van der Waals surface area contributed by atoms with Crippen molar-refractivity contribution in [3.63, 3.8) is 0 Å². The van der Waals surface area contributed by atoms with E-state index in [1.165, 1.54) is 7.05 Å². The molecular formula is C15H16N2O3. The number of nitrogens with one attached hydrogen (secondary N) is 2. The van der Waals surface area contributed by atoms with E-state index in [4.69, 9.17) is 4.74 Å². The molecule has 0 aliphatic carbocycles. The van der Waals surface area contributed by atoms with Crippen LogP contribution in [-0.4, -0.2) is 25.1 Å². The van der Waals surface area contributed by atoms with Crippen molar-refractivity contribution in [2.75, 3.05) is 7.05 Å². The van der Waals surface area contributed by atoms with Gasteiger partial charge in [-0.15, -0.1) is 0 Å². The van der Waals surface area contributed by atoms with Gasteiger partial charge in [-0.25, -0.2) is 4.79 Å². The third-order valence-corrected chi connectivity index (χ3v) is 2.89. The molecule has 0 bridgehead atoms. The second kappa shape index (κ2) is 6.06. The normalized spacial score (nSPS) is 11.7. The van der Waals surface area contributed by atoms with E-state index in [0.717, 1.165) is 10.8 Å². The molecule has 104 valence electrons. The van der Waals surface area contributed by atoms with Gasteiger partial charge in [0.1, 0.15) is 5.75 Å². The highest BCUT2D eigenvalue weighted by molar-refractivity contribution is 5.96. The Balaban J connectivity index is 2.15. The first-order valence-electron chi connectivity index (χ1n) is 6.29. The molecule has 5 heteroatoms. The van der Waals surface area contributed by atoms with Gasteiger partial charge in [-0.05, 0) is 18.4 Å². The summed E-state index contributed by atoms with van der Waals surface area (Å²) in [4.78, 5) is 22.8. The van der Waals surface area contributed by atoms with E-state index in [9.17, 15) is 9.59 Å². The summed E-state index contributed by atoms with van der Waals surface area (Å²) in [5.41, 5.74) is 0. The smallest absolute Gasteiger partial charge is 0.321 e. The Hall–Kier alpha value is -2.56. The predicted octanol–water partition coefficient (Wildman–Crippen LogP) is 2.06. The summed E-state index contributed by atoms with van der Waals surface area (Å²) in [6.45, 7) is 1.60. The SMILES string of the molecule is CNC(=O)NC(=O)[C@@H](C)Oc1cccc2ccccc12. The lowest BCUT2D eigenvalue weighted by molar-refractivity contribution is -0.126. The molecule has 0 aromatic heterocycles. The first kappa shape index (κ1) is 13.9. The number of carbonyl (C=O) groups is 2. The van der Waals surface area contributed by atoms with Crippen molar-refractivity contribution >= 4 is 22.7 Å². The minimum atomic E-state index is -0.766. The van der Waals surface area contributed by atoms with Crippen LogP contribution in [0.25, 0.3) is 10.8 Å². The first-order chi connectivity index (χ1) is 9.61. The minimum Gasteiger partial charge on any atom is -0.480 e. The third-order valence-electron chi connectivity index (χ3n) is 2.89. The highest BCUT2D eigenvalue weighted by atomic mass is 16.5. The van der Waals surface area contributed by atoms with Crippen LogP contribution in [0.15, 0.2) is 42.5 Å². The van der Waals surface area contributed by atoms with E-state index in [-0.39, 0.29) is 0 Å². The number of carbonyl (C=O) groups excluding carboxylic acids is 2. The number of hydrogen-bond acceptors (Lipinski definition) is 3. The van der Waals surface area contributed by atoms with Crippen molar-refractivity contribution in [3.8, 4) is 5.75 Å². The van der Waals surface area contributed by atoms with Gasteiger partial charge in [0.2, 0.25) is 0 Å². The zero-order valence-electron chi connectivity index (χ0n) is 11.3. The maximum atomic E-state index is 11.8. The van der Waals surface area contributed by atoms with Crippen LogP contribution in [0.4, 0.5) is 4.79 Å². The van der Waals surface area contributed by atoms with Crippen LogP contribution in [0.5, 0.6) is 5.75 Å². The average molecular weight is 272 g/mol. The molecule has 2 rings (SSSR count). The summed E-state index contributed by atoms with van der Waals surface area (Å²) in [6, 6.07) is 12.8. The maximum Gasteiger partial charge on any atom is 0.321 e. The van der Waals surface area contributed by atoms with Crippen molar-refractivity contribution in [3.05, 3.63) is 42.5 Å². The quantitative estimate of drug-likeness (QED) is 0.898. The molecule has 0 spiro atoms. The fourth-order valence-corrected chi connectivity index (χ4v) is 1.82. The minimum absolute atomic E-state index is 0.489. The summed E-state index contributed by atoms with van der Waals surface area (Å²) in [7, 11) is 1.44. The number of amides is 3. The fraction of sp³-hybridized carbons (Fsp3) is 0.200. The van der Waals surface area contributed by atoms with Crippen LogP contribution in [0.3, 0.4) is 0 Å². The largest absolute Gasteiger partial charge is 0.480 e. The van der Waals surface area contributed by atoms with Crippen LogP contribution in [0.2, 0.25) is 0 Å². The van der Waals surface area contributed by atoms with E-state index in [0.29, 0.717) is 5.75 Å². The van der Waals surface area contributed by atoms with Gasteiger partial charge in [-0.2, -0.15) is 0 Å². The Morgan fingerprint density at radius 3 is 2.55 bits per heavy atom. The summed E-state index contributed by atoms with van der Waals surface area (Å²) in [6.07, 6.45) is -0.766. The van der Waals surface area contributed by atoms with Gasteiger partial charge in [0.25, 0.3) is 5.91 Å². The lowest BCUT2D eigenvalue weighted by Crippen LogP contribution is -2.43. The second-order valence-electron chi connectivity index (χ2n) is 4.31. The van der Waals surface area contributed by atoms with Crippen molar-refractivity contribution in [1.29, 1.82) is 0 Å². The van der Waals surface area contributed by atoms with Gasteiger partial charge < -0.3 is 10.1 Å². The van der Waals surface area contributed by atoms with E-state index < -0.39 is 18.0 Å². The Bertz CT molecular complexity index is 635. The number of urea groups is 1. The Kier molecular flexibility index (Phi) is 4.20. The van der Waals surface area contributed by atoms with Crippen molar-refractivity contribution in [2.45, 2.75) is 13.0 Å². The first-order valence-corrected chi connectivity index (χ1v) is 6.29. The topological polar surface area (TPSA) is 67.4 Å². The standard InChI is InChI=1S/C15H16N2O3/c1-10(14(18)17-15(19)16-2)20-13-9-5-7-11-6-3-4-8-12(11)13/h3-10H,1-2H3,(H2,16,17,18,19)/t10-/m1/s1. The van der Waals surface area contributed by atoms with Crippen LogP contribution < -0.4 is 15.4 Å². The monoisotopic (exact) mass is 272 g/mol. The summed E-state index contributed by atoms with van der Waals surface area (Å²) in [5.74, 6) is 0.125. The van der Waals surface area contributed by atoms with Crippen LogP contribution in [0.1, 0.15) is 6.92 Å². The zero-order chi connectivity index (χ0) is 14.5. The molecule has 0 unspecified atom stereocenters. The van der Waals surface area contributed by atoms with Gasteiger partial charge in [-0.1, -0.05) is 36.4 Å². The number of fused-ring (bicyclic) bond motifs is 1. The van der Waals surface area contributed by atoms with Gasteiger partial charge in [0.05, 0.1) is 0 Å². The highest BCUT2D eigenvalue weighted by Gasteiger charge is 2.17. The molecule has 0 fully saturated rings. The van der Waals surface area contributed by atoms with Crippen molar-refractivity contribution in [1.82, 2.24) is 10.6 Å². The van der Waals surface area contributed by atoms with Crippen molar-refractivity contribution < 1.29 is 14.3 Å². The summed E-state index contributed by atoms with van der Waals surface area (Å²) < 4.78 is 5.64. The predicted molar refractivity (Wildman–Crippen MR) is 76.6 cm³/mol. The molecule has 0 aliphatic rings. The number of imide groups is 1. The summed E-state index contributed by atoms with van der Waals surface area (Å²) in [5, 5.41) is 6.46. The molecule has 0 saturated carbocycles. The lowest BCUT2D eigenvalue weighted by atomic mass is 10.1. The van der Waals surface area contributed by atoms with Gasteiger partial charge in [-0.3, -0.25) is 10.1 Å².